The molecule has 1 aliphatic rings. The van der Waals surface area contributed by atoms with Crippen molar-refractivity contribution in [3.05, 3.63) is 41.9 Å². The molecule has 0 aliphatic carbocycles. The van der Waals surface area contributed by atoms with Crippen LogP contribution in [0.15, 0.2) is 29.0 Å². The minimum absolute atomic E-state index is 0.355. The first-order valence-corrected chi connectivity index (χ1v) is 5.59. The molecule has 2 aromatic rings. The summed E-state index contributed by atoms with van der Waals surface area (Å²) in [5.74, 6) is 1.89. The van der Waals surface area contributed by atoms with Gasteiger partial charge in [-0.15, -0.1) is 0 Å². The predicted molar refractivity (Wildman–Crippen MR) is 57.9 cm³/mol. The molecule has 1 unspecified atom stereocenters. The molecule has 0 bridgehead atoms. The highest BCUT2D eigenvalue weighted by molar-refractivity contribution is 5.15. The van der Waals surface area contributed by atoms with Crippen LogP contribution in [0.3, 0.4) is 0 Å². The van der Waals surface area contributed by atoms with Gasteiger partial charge in [0.1, 0.15) is 11.6 Å². The Kier molecular flexibility index (Phi) is 2.29. The van der Waals surface area contributed by atoms with Crippen molar-refractivity contribution in [2.45, 2.75) is 31.9 Å². The highest BCUT2D eigenvalue weighted by atomic mass is 16.3. The highest BCUT2D eigenvalue weighted by Gasteiger charge is 2.21. The Bertz CT molecular complexity index is 473. The van der Waals surface area contributed by atoms with Crippen molar-refractivity contribution >= 4 is 0 Å². The first-order valence-electron chi connectivity index (χ1n) is 5.59. The van der Waals surface area contributed by atoms with Gasteiger partial charge >= 0.3 is 0 Å². The van der Waals surface area contributed by atoms with Gasteiger partial charge in [-0.3, -0.25) is 0 Å². The monoisotopic (exact) mass is 218 g/mol. The van der Waals surface area contributed by atoms with E-state index in [1.807, 2.05) is 12.1 Å². The van der Waals surface area contributed by atoms with Gasteiger partial charge < -0.3 is 14.1 Å². The van der Waals surface area contributed by atoms with Gasteiger partial charge in [-0.05, 0) is 25.0 Å². The van der Waals surface area contributed by atoms with Gasteiger partial charge in [0, 0.05) is 6.54 Å². The molecular weight excluding hydrogens is 204 g/mol. The minimum atomic E-state index is -0.355. The second kappa shape index (κ2) is 3.79. The standard InChI is InChI=1S/C12H14N2O2/c15-11-4-1-5-14-10(11)8-13-12(14)7-9-3-2-6-16-9/h2-3,6,8,11,15H,1,4-5,7H2. The Morgan fingerprint density at radius 3 is 3.31 bits per heavy atom. The molecule has 4 heteroatoms. The van der Waals surface area contributed by atoms with Crippen molar-refractivity contribution in [2.75, 3.05) is 0 Å². The molecule has 16 heavy (non-hydrogen) atoms. The Morgan fingerprint density at radius 1 is 1.56 bits per heavy atom. The number of aliphatic hydroxyl groups is 1. The molecule has 0 saturated heterocycles. The summed E-state index contributed by atoms with van der Waals surface area (Å²) in [6.45, 7) is 0.947. The molecule has 0 fully saturated rings. The zero-order valence-electron chi connectivity index (χ0n) is 8.97. The number of imidazole rings is 1. The van der Waals surface area contributed by atoms with Crippen LogP contribution in [0, 0.1) is 0 Å². The van der Waals surface area contributed by atoms with Crippen molar-refractivity contribution in [1.82, 2.24) is 9.55 Å². The molecule has 0 aromatic carbocycles. The van der Waals surface area contributed by atoms with Crippen LogP contribution in [-0.4, -0.2) is 14.7 Å². The van der Waals surface area contributed by atoms with Gasteiger partial charge in [-0.1, -0.05) is 0 Å². The summed E-state index contributed by atoms with van der Waals surface area (Å²) in [6.07, 6.45) is 5.64. The van der Waals surface area contributed by atoms with E-state index in [-0.39, 0.29) is 6.10 Å². The van der Waals surface area contributed by atoms with Crippen molar-refractivity contribution in [3.8, 4) is 0 Å². The van der Waals surface area contributed by atoms with E-state index in [4.69, 9.17) is 4.42 Å². The van der Waals surface area contributed by atoms with E-state index in [0.29, 0.717) is 6.42 Å². The van der Waals surface area contributed by atoms with E-state index in [9.17, 15) is 5.11 Å². The molecule has 1 N–H and O–H groups in total. The third kappa shape index (κ3) is 1.55. The number of fused-ring (bicyclic) bond motifs is 1. The number of nitrogens with zero attached hydrogens (tertiary/aromatic N) is 2. The molecule has 3 rings (SSSR count). The maximum Gasteiger partial charge on any atom is 0.116 e. The summed E-state index contributed by atoms with van der Waals surface area (Å²) in [5, 5.41) is 9.82. The molecule has 0 spiro atoms. The number of hydrogen-bond acceptors (Lipinski definition) is 3. The summed E-state index contributed by atoms with van der Waals surface area (Å²) in [5.41, 5.74) is 0.938. The molecule has 84 valence electrons. The summed E-state index contributed by atoms with van der Waals surface area (Å²) >= 11 is 0. The van der Waals surface area contributed by atoms with E-state index in [1.165, 1.54) is 0 Å². The number of aliphatic hydroxyl groups excluding tert-OH is 1. The van der Waals surface area contributed by atoms with Crippen molar-refractivity contribution in [3.63, 3.8) is 0 Å². The lowest BCUT2D eigenvalue weighted by Gasteiger charge is -2.21. The first kappa shape index (κ1) is 9.66. The van der Waals surface area contributed by atoms with E-state index in [2.05, 4.69) is 9.55 Å². The van der Waals surface area contributed by atoms with Crippen molar-refractivity contribution in [2.24, 2.45) is 0 Å². The quantitative estimate of drug-likeness (QED) is 0.837. The van der Waals surface area contributed by atoms with Crippen LogP contribution in [-0.2, 0) is 13.0 Å². The van der Waals surface area contributed by atoms with Gasteiger partial charge in [-0.25, -0.2) is 4.98 Å². The molecule has 0 radical (unpaired) electrons. The average Bonchev–Trinajstić information content (AvgIpc) is 2.90. The highest BCUT2D eigenvalue weighted by Crippen LogP contribution is 2.26. The average molecular weight is 218 g/mol. The molecule has 2 aromatic heterocycles. The maximum atomic E-state index is 9.82. The van der Waals surface area contributed by atoms with Crippen LogP contribution in [0.4, 0.5) is 0 Å². The molecule has 0 amide bonds. The second-order valence-electron chi connectivity index (χ2n) is 4.17. The fraction of sp³-hybridized carbons (Fsp3) is 0.417. The lowest BCUT2D eigenvalue weighted by molar-refractivity contribution is 0.138. The number of rotatable bonds is 2. The van der Waals surface area contributed by atoms with Crippen molar-refractivity contribution < 1.29 is 9.52 Å². The van der Waals surface area contributed by atoms with Gasteiger partial charge in [0.25, 0.3) is 0 Å². The largest absolute Gasteiger partial charge is 0.469 e. The second-order valence-corrected chi connectivity index (χ2v) is 4.17. The van der Waals surface area contributed by atoms with E-state index < -0.39 is 0 Å². The molecule has 0 saturated carbocycles. The molecule has 4 nitrogen and oxygen atoms in total. The minimum Gasteiger partial charge on any atom is -0.469 e. The molecular formula is C12H14N2O2. The number of furan rings is 1. The van der Waals surface area contributed by atoms with Crippen LogP contribution < -0.4 is 0 Å². The van der Waals surface area contributed by atoms with Gasteiger partial charge in [0.15, 0.2) is 0 Å². The fourth-order valence-corrected chi connectivity index (χ4v) is 2.25. The van der Waals surface area contributed by atoms with Gasteiger partial charge in [0.05, 0.1) is 30.7 Å². The van der Waals surface area contributed by atoms with E-state index in [0.717, 1.165) is 36.7 Å². The predicted octanol–water partition coefficient (Wildman–Crippen LogP) is 1.89. The van der Waals surface area contributed by atoms with Crippen LogP contribution >= 0.6 is 0 Å². The van der Waals surface area contributed by atoms with Crippen LogP contribution in [0.25, 0.3) is 0 Å². The molecule has 3 heterocycles. The fourth-order valence-electron chi connectivity index (χ4n) is 2.25. The van der Waals surface area contributed by atoms with Crippen molar-refractivity contribution in [1.29, 1.82) is 0 Å². The van der Waals surface area contributed by atoms with Crippen LogP contribution in [0.5, 0.6) is 0 Å². The summed E-state index contributed by atoms with van der Waals surface area (Å²) in [6, 6.07) is 3.82. The molecule has 1 aliphatic heterocycles. The maximum absolute atomic E-state index is 9.82. The number of hydrogen-bond donors (Lipinski definition) is 1. The van der Waals surface area contributed by atoms with E-state index >= 15 is 0 Å². The van der Waals surface area contributed by atoms with Crippen LogP contribution in [0.2, 0.25) is 0 Å². The Balaban J connectivity index is 1.91. The lowest BCUT2D eigenvalue weighted by atomic mass is 10.1. The Labute approximate surface area is 93.5 Å². The smallest absolute Gasteiger partial charge is 0.116 e. The zero-order chi connectivity index (χ0) is 11.0. The first-order chi connectivity index (χ1) is 7.84. The van der Waals surface area contributed by atoms with E-state index in [1.54, 1.807) is 12.5 Å². The van der Waals surface area contributed by atoms with Crippen LogP contribution in [0.1, 0.15) is 36.2 Å². The SMILES string of the molecule is OC1CCCn2c1cnc2Cc1ccco1. The summed E-state index contributed by atoms with van der Waals surface area (Å²) in [4.78, 5) is 4.37. The van der Waals surface area contributed by atoms with Gasteiger partial charge in [0.2, 0.25) is 0 Å². The Morgan fingerprint density at radius 2 is 2.50 bits per heavy atom. The topological polar surface area (TPSA) is 51.2 Å². The lowest BCUT2D eigenvalue weighted by Crippen LogP contribution is -2.16. The third-order valence-electron chi connectivity index (χ3n) is 3.08. The summed E-state index contributed by atoms with van der Waals surface area (Å²) < 4.78 is 7.42. The molecule has 1 atom stereocenters. The summed E-state index contributed by atoms with van der Waals surface area (Å²) in [7, 11) is 0. The number of aromatic nitrogens is 2. The Hall–Kier alpha value is -1.55. The van der Waals surface area contributed by atoms with Gasteiger partial charge in [-0.2, -0.15) is 0 Å². The normalized spacial score (nSPS) is 19.7. The zero-order valence-corrected chi connectivity index (χ0v) is 8.97. The third-order valence-corrected chi connectivity index (χ3v) is 3.08.